The van der Waals surface area contributed by atoms with Gasteiger partial charge in [0.15, 0.2) is 0 Å². The number of hydrogen-bond acceptors (Lipinski definition) is 4. The van der Waals surface area contributed by atoms with Crippen molar-refractivity contribution in [3.05, 3.63) is 60.2 Å². The van der Waals surface area contributed by atoms with E-state index in [-0.39, 0.29) is 5.92 Å². The van der Waals surface area contributed by atoms with E-state index < -0.39 is 5.97 Å². The zero-order valence-corrected chi connectivity index (χ0v) is 15.2. The van der Waals surface area contributed by atoms with Gasteiger partial charge in [-0.1, -0.05) is 30.0 Å². The first-order valence-corrected chi connectivity index (χ1v) is 9.21. The van der Waals surface area contributed by atoms with Gasteiger partial charge < -0.3 is 10.0 Å². The highest BCUT2D eigenvalue weighted by atomic mass is 16.4. The lowest BCUT2D eigenvalue weighted by Crippen LogP contribution is -2.39. The lowest BCUT2D eigenvalue weighted by molar-refractivity contribution is -0.143. The Kier molecular flexibility index (Phi) is 6.72. The zero-order valence-electron chi connectivity index (χ0n) is 15.2. The molecule has 2 aromatic rings. The predicted molar refractivity (Wildman–Crippen MR) is 105 cm³/mol. The number of aliphatic carboxylic acids is 1. The second kappa shape index (κ2) is 9.65. The van der Waals surface area contributed by atoms with E-state index in [1.54, 1.807) is 0 Å². The molecule has 1 fully saturated rings. The second-order valence-corrected chi connectivity index (χ2v) is 6.61. The number of nitrogens with zero attached hydrogens (tertiary/aromatic N) is 3. The number of piperidine rings is 1. The fourth-order valence-electron chi connectivity index (χ4n) is 3.06. The van der Waals surface area contributed by atoms with E-state index in [9.17, 15) is 4.79 Å². The third-order valence-corrected chi connectivity index (χ3v) is 4.54. The molecule has 0 amide bonds. The minimum Gasteiger partial charge on any atom is -0.481 e. The fraction of sp³-hybridized carbons (Fsp3) is 0.318. The first-order valence-electron chi connectivity index (χ1n) is 9.21. The summed E-state index contributed by atoms with van der Waals surface area (Å²) < 4.78 is 0. The molecule has 5 nitrogen and oxygen atoms in total. The van der Waals surface area contributed by atoms with E-state index in [1.807, 2.05) is 54.6 Å². The van der Waals surface area contributed by atoms with Crippen LogP contribution in [0.5, 0.6) is 0 Å². The van der Waals surface area contributed by atoms with Crippen molar-refractivity contribution in [2.75, 3.05) is 19.6 Å². The van der Waals surface area contributed by atoms with Crippen molar-refractivity contribution in [1.29, 1.82) is 0 Å². The van der Waals surface area contributed by atoms with Gasteiger partial charge in [-0.05, 0) is 55.8 Å². The Morgan fingerprint density at radius 2 is 1.78 bits per heavy atom. The molecular weight excluding hydrogens is 338 g/mol. The molecule has 3 rings (SSSR count). The Labute approximate surface area is 159 Å². The molecule has 138 valence electrons. The van der Waals surface area contributed by atoms with Crippen molar-refractivity contribution < 1.29 is 9.90 Å². The van der Waals surface area contributed by atoms with Crippen LogP contribution in [0.3, 0.4) is 0 Å². The predicted octanol–water partition coefficient (Wildman–Crippen LogP) is 4.64. The molecule has 0 bridgehead atoms. The molecular formula is C22H23N3O2. The zero-order chi connectivity index (χ0) is 18.9. The SMILES string of the molecule is O=C(O)C1CCCN(CCC#Cc2ccc(N=Nc3ccccc3)cc2)C1. The molecule has 0 spiro atoms. The largest absolute Gasteiger partial charge is 0.481 e. The highest BCUT2D eigenvalue weighted by molar-refractivity contribution is 5.70. The summed E-state index contributed by atoms with van der Waals surface area (Å²) in [6.45, 7) is 2.42. The third kappa shape index (κ3) is 6.05. The summed E-state index contributed by atoms with van der Waals surface area (Å²) >= 11 is 0. The van der Waals surface area contributed by atoms with Crippen LogP contribution in [-0.2, 0) is 4.79 Å². The van der Waals surface area contributed by atoms with Crippen molar-refractivity contribution >= 4 is 17.3 Å². The summed E-state index contributed by atoms with van der Waals surface area (Å²) in [4.78, 5) is 13.3. The first kappa shape index (κ1) is 18.8. The van der Waals surface area contributed by atoms with Crippen LogP contribution in [0.1, 0.15) is 24.8 Å². The van der Waals surface area contributed by atoms with E-state index >= 15 is 0 Å². The third-order valence-electron chi connectivity index (χ3n) is 4.54. The molecule has 2 aromatic carbocycles. The van der Waals surface area contributed by atoms with Crippen molar-refractivity contribution in [2.45, 2.75) is 19.3 Å². The standard InChI is InChI=1S/C22H23N3O2/c26-22(27)19-8-6-16-25(17-19)15-5-4-7-18-11-13-21(14-12-18)24-23-20-9-2-1-3-10-20/h1-3,9-14,19H,5-6,8,15-17H2,(H,26,27). The Morgan fingerprint density at radius 3 is 2.48 bits per heavy atom. The summed E-state index contributed by atoms with van der Waals surface area (Å²) in [5.74, 6) is 5.41. The molecule has 0 radical (unpaired) electrons. The minimum absolute atomic E-state index is 0.232. The molecule has 1 saturated heterocycles. The molecule has 0 aliphatic carbocycles. The molecule has 5 heteroatoms. The Hall–Kier alpha value is -2.97. The van der Waals surface area contributed by atoms with Crippen LogP contribution >= 0.6 is 0 Å². The lowest BCUT2D eigenvalue weighted by atomic mass is 9.98. The maximum Gasteiger partial charge on any atom is 0.307 e. The van der Waals surface area contributed by atoms with Gasteiger partial charge in [0.25, 0.3) is 0 Å². The smallest absolute Gasteiger partial charge is 0.307 e. The second-order valence-electron chi connectivity index (χ2n) is 6.61. The topological polar surface area (TPSA) is 65.3 Å². The van der Waals surface area contributed by atoms with Crippen LogP contribution in [0.4, 0.5) is 11.4 Å². The molecule has 1 unspecified atom stereocenters. The number of azo groups is 1. The van der Waals surface area contributed by atoms with Crippen LogP contribution in [0.2, 0.25) is 0 Å². The minimum atomic E-state index is -0.685. The average Bonchev–Trinajstić information content (AvgIpc) is 2.71. The van der Waals surface area contributed by atoms with Crippen molar-refractivity contribution in [3.8, 4) is 11.8 Å². The summed E-state index contributed by atoms with van der Waals surface area (Å²) in [5, 5.41) is 17.5. The Balaban J connectivity index is 1.48. The lowest BCUT2D eigenvalue weighted by Gasteiger charge is -2.29. The van der Waals surface area contributed by atoms with Crippen LogP contribution in [-0.4, -0.2) is 35.6 Å². The normalized spacial score (nSPS) is 17.4. The Morgan fingerprint density at radius 1 is 1.07 bits per heavy atom. The van der Waals surface area contributed by atoms with Gasteiger partial charge in [0.2, 0.25) is 0 Å². The molecule has 0 saturated carbocycles. The van der Waals surface area contributed by atoms with Gasteiger partial charge >= 0.3 is 5.97 Å². The van der Waals surface area contributed by atoms with Gasteiger partial charge in [-0.2, -0.15) is 10.2 Å². The number of hydrogen-bond donors (Lipinski definition) is 1. The maximum atomic E-state index is 11.1. The van der Waals surface area contributed by atoms with E-state index in [0.717, 1.165) is 49.3 Å². The van der Waals surface area contributed by atoms with Crippen LogP contribution in [0, 0.1) is 17.8 Å². The fourth-order valence-corrected chi connectivity index (χ4v) is 3.06. The number of carboxylic acid groups (broad SMARTS) is 1. The van der Waals surface area contributed by atoms with Gasteiger partial charge in [0, 0.05) is 25.1 Å². The van der Waals surface area contributed by atoms with Gasteiger partial charge in [-0.15, -0.1) is 0 Å². The number of rotatable bonds is 5. The molecule has 1 aliphatic rings. The van der Waals surface area contributed by atoms with E-state index in [4.69, 9.17) is 5.11 Å². The van der Waals surface area contributed by atoms with Gasteiger partial charge in [-0.25, -0.2) is 0 Å². The van der Waals surface area contributed by atoms with Gasteiger partial charge in [-0.3, -0.25) is 4.79 Å². The molecule has 1 aliphatic heterocycles. The van der Waals surface area contributed by atoms with Gasteiger partial charge in [0.1, 0.15) is 0 Å². The van der Waals surface area contributed by atoms with Crippen LogP contribution in [0.15, 0.2) is 64.8 Å². The summed E-state index contributed by atoms with van der Waals surface area (Å²) in [5.41, 5.74) is 2.55. The van der Waals surface area contributed by atoms with E-state index in [1.165, 1.54) is 0 Å². The summed E-state index contributed by atoms with van der Waals surface area (Å²) in [6, 6.07) is 17.3. The quantitative estimate of drug-likeness (QED) is 0.623. The highest BCUT2D eigenvalue weighted by Gasteiger charge is 2.24. The van der Waals surface area contributed by atoms with Crippen molar-refractivity contribution in [3.63, 3.8) is 0 Å². The highest BCUT2D eigenvalue weighted by Crippen LogP contribution is 2.18. The van der Waals surface area contributed by atoms with Gasteiger partial charge in [0.05, 0.1) is 17.3 Å². The molecule has 1 atom stereocenters. The van der Waals surface area contributed by atoms with Crippen LogP contribution < -0.4 is 0 Å². The monoisotopic (exact) mass is 361 g/mol. The summed E-state index contributed by atoms with van der Waals surface area (Å²) in [6.07, 6.45) is 2.47. The average molecular weight is 361 g/mol. The summed E-state index contributed by atoms with van der Waals surface area (Å²) in [7, 11) is 0. The molecule has 1 heterocycles. The first-order chi connectivity index (χ1) is 13.2. The molecule has 27 heavy (non-hydrogen) atoms. The van der Waals surface area contributed by atoms with E-state index in [2.05, 4.69) is 27.0 Å². The van der Waals surface area contributed by atoms with Crippen LogP contribution in [0.25, 0.3) is 0 Å². The van der Waals surface area contributed by atoms with Crippen molar-refractivity contribution in [1.82, 2.24) is 4.90 Å². The molecule has 0 aromatic heterocycles. The number of benzene rings is 2. The maximum absolute atomic E-state index is 11.1. The Bertz CT molecular complexity index is 835. The number of carbonyl (C=O) groups is 1. The van der Waals surface area contributed by atoms with E-state index in [0.29, 0.717) is 6.54 Å². The number of likely N-dealkylation sites (tertiary alicyclic amines) is 1. The molecule has 1 N–H and O–H groups in total. The van der Waals surface area contributed by atoms with Crippen molar-refractivity contribution in [2.24, 2.45) is 16.1 Å². The number of carboxylic acids is 1.